The summed E-state index contributed by atoms with van der Waals surface area (Å²) >= 11 is 0. The number of rotatable bonds is 3. The highest BCUT2D eigenvalue weighted by atomic mass is 16.5. The standard InChI is InChI=1S/C11H13N5O2/c1-7(11(17)18-2)16-14-10(13-15-16)8-4-3-5-9(12)6-8/h3-7H,12H2,1-2H3. The van der Waals surface area contributed by atoms with Crippen LogP contribution in [0.3, 0.4) is 0 Å². The molecule has 1 unspecified atom stereocenters. The van der Waals surface area contributed by atoms with Crippen LogP contribution in [-0.4, -0.2) is 33.3 Å². The van der Waals surface area contributed by atoms with E-state index < -0.39 is 12.0 Å². The average Bonchev–Trinajstić information content (AvgIpc) is 2.86. The molecule has 7 nitrogen and oxygen atoms in total. The topological polar surface area (TPSA) is 95.9 Å². The van der Waals surface area contributed by atoms with Gasteiger partial charge in [-0.05, 0) is 24.3 Å². The number of anilines is 1. The quantitative estimate of drug-likeness (QED) is 0.632. The summed E-state index contributed by atoms with van der Waals surface area (Å²) in [5, 5.41) is 11.8. The van der Waals surface area contributed by atoms with Crippen molar-refractivity contribution in [3.8, 4) is 11.4 Å². The van der Waals surface area contributed by atoms with Gasteiger partial charge in [-0.2, -0.15) is 0 Å². The van der Waals surface area contributed by atoms with Crippen LogP contribution in [0.2, 0.25) is 0 Å². The van der Waals surface area contributed by atoms with Crippen LogP contribution in [-0.2, 0) is 9.53 Å². The molecule has 0 saturated heterocycles. The Morgan fingerprint density at radius 3 is 2.94 bits per heavy atom. The lowest BCUT2D eigenvalue weighted by molar-refractivity contribution is -0.144. The molecule has 1 atom stereocenters. The van der Waals surface area contributed by atoms with Gasteiger partial charge in [-0.15, -0.1) is 15.0 Å². The number of esters is 1. The molecular formula is C11H13N5O2. The number of hydrogen-bond donors (Lipinski definition) is 1. The largest absolute Gasteiger partial charge is 0.467 e. The van der Waals surface area contributed by atoms with E-state index in [1.54, 1.807) is 25.1 Å². The van der Waals surface area contributed by atoms with E-state index in [1.165, 1.54) is 11.9 Å². The van der Waals surface area contributed by atoms with Crippen LogP contribution in [0.1, 0.15) is 13.0 Å². The molecule has 0 aliphatic rings. The van der Waals surface area contributed by atoms with Gasteiger partial charge >= 0.3 is 5.97 Å². The number of carbonyl (C=O) groups excluding carboxylic acids is 1. The number of hydrogen-bond acceptors (Lipinski definition) is 6. The molecule has 2 aromatic rings. The Hall–Kier alpha value is -2.44. The van der Waals surface area contributed by atoms with E-state index >= 15 is 0 Å². The molecule has 0 aliphatic heterocycles. The Morgan fingerprint density at radius 2 is 2.28 bits per heavy atom. The minimum absolute atomic E-state index is 0.415. The van der Waals surface area contributed by atoms with Crippen molar-refractivity contribution in [1.82, 2.24) is 20.2 Å². The van der Waals surface area contributed by atoms with Crippen molar-refractivity contribution in [2.45, 2.75) is 13.0 Å². The van der Waals surface area contributed by atoms with Crippen molar-refractivity contribution >= 4 is 11.7 Å². The second-order valence-corrected chi connectivity index (χ2v) is 3.76. The number of tetrazole rings is 1. The maximum atomic E-state index is 11.3. The summed E-state index contributed by atoms with van der Waals surface area (Å²) in [5.41, 5.74) is 7.04. The van der Waals surface area contributed by atoms with Crippen LogP contribution in [0.15, 0.2) is 24.3 Å². The number of methoxy groups -OCH3 is 1. The summed E-state index contributed by atoms with van der Waals surface area (Å²) in [6.07, 6.45) is 0. The Kier molecular flexibility index (Phi) is 3.22. The lowest BCUT2D eigenvalue weighted by Crippen LogP contribution is -2.20. The first-order valence-electron chi connectivity index (χ1n) is 5.35. The zero-order valence-corrected chi connectivity index (χ0v) is 10.1. The predicted molar refractivity (Wildman–Crippen MR) is 64.4 cm³/mol. The first kappa shape index (κ1) is 12.0. The van der Waals surface area contributed by atoms with E-state index in [0.717, 1.165) is 5.56 Å². The molecule has 0 fully saturated rings. The highest BCUT2D eigenvalue weighted by Gasteiger charge is 2.18. The summed E-state index contributed by atoms with van der Waals surface area (Å²) < 4.78 is 4.61. The smallest absolute Gasteiger partial charge is 0.332 e. The van der Waals surface area contributed by atoms with Crippen LogP contribution >= 0.6 is 0 Å². The number of nitrogen functional groups attached to an aromatic ring is 1. The Bertz CT molecular complexity index is 566. The summed E-state index contributed by atoms with van der Waals surface area (Å²) in [6.45, 7) is 1.64. The Morgan fingerprint density at radius 1 is 1.50 bits per heavy atom. The first-order valence-corrected chi connectivity index (χ1v) is 5.35. The molecule has 7 heteroatoms. The van der Waals surface area contributed by atoms with E-state index in [9.17, 15) is 4.79 Å². The third kappa shape index (κ3) is 2.29. The zero-order valence-electron chi connectivity index (χ0n) is 10.1. The van der Waals surface area contributed by atoms with Gasteiger partial charge in [0.2, 0.25) is 5.82 Å². The Balaban J connectivity index is 2.28. The van der Waals surface area contributed by atoms with Gasteiger partial charge in [-0.1, -0.05) is 12.1 Å². The van der Waals surface area contributed by atoms with Gasteiger partial charge in [-0.3, -0.25) is 0 Å². The molecule has 94 valence electrons. The molecule has 1 aromatic heterocycles. The van der Waals surface area contributed by atoms with Gasteiger partial charge in [0.05, 0.1) is 7.11 Å². The van der Waals surface area contributed by atoms with Crippen LogP contribution in [0, 0.1) is 0 Å². The SMILES string of the molecule is COC(=O)C(C)n1nnc(-c2cccc(N)c2)n1. The van der Waals surface area contributed by atoms with E-state index in [2.05, 4.69) is 20.1 Å². The fourth-order valence-corrected chi connectivity index (χ4v) is 1.45. The second kappa shape index (κ2) is 4.82. The van der Waals surface area contributed by atoms with Crippen LogP contribution in [0.4, 0.5) is 5.69 Å². The molecule has 2 N–H and O–H groups in total. The number of aromatic nitrogens is 4. The molecule has 0 aliphatic carbocycles. The second-order valence-electron chi connectivity index (χ2n) is 3.76. The summed E-state index contributed by atoms with van der Waals surface area (Å²) in [6, 6.07) is 6.52. The minimum Gasteiger partial charge on any atom is -0.467 e. The maximum absolute atomic E-state index is 11.3. The predicted octanol–water partition coefficient (Wildman–Crippen LogP) is 0.656. The fourth-order valence-electron chi connectivity index (χ4n) is 1.45. The van der Waals surface area contributed by atoms with Gasteiger partial charge in [0, 0.05) is 11.3 Å². The van der Waals surface area contributed by atoms with E-state index in [1.807, 2.05) is 6.07 Å². The van der Waals surface area contributed by atoms with Crippen molar-refractivity contribution in [2.24, 2.45) is 0 Å². The number of ether oxygens (including phenoxy) is 1. The number of nitrogens with zero attached hydrogens (tertiary/aromatic N) is 4. The third-order valence-electron chi connectivity index (χ3n) is 2.46. The van der Waals surface area contributed by atoms with Crippen LogP contribution < -0.4 is 5.73 Å². The highest BCUT2D eigenvalue weighted by molar-refractivity contribution is 5.73. The zero-order chi connectivity index (χ0) is 13.1. The molecular weight excluding hydrogens is 234 g/mol. The number of carbonyl (C=O) groups is 1. The molecule has 0 amide bonds. The maximum Gasteiger partial charge on any atom is 0.332 e. The molecule has 0 radical (unpaired) electrons. The highest BCUT2D eigenvalue weighted by Crippen LogP contribution is 2.17. The monoisotopic (exact) mass is 247 g/mol. The number of benzene rings is 1. The molecule has 1 heterocycles. The lowest BCUT2D eigenvalue weighted by atomic mass is 10.2. The van der Waals surface area contributed by atoms with Crippen LogP contribution in [0.25, 0.3) is 11.4 Å². The molecule has 0 saturated carbocycles. The van der Waals surface area contributed by atoms with Gasteiger partial charge < -0.3 is 10.5 Å². The van der Waals surface area contributed by atoms with Crippen molar-refractivity contribution in [3.05, 3.63) is 24.3 Å². The Labute approximate surface area is 104 Å². The minimum atomic E-state index is -0.614. The first-order chi connectivity index (χ1) is 8.61. The van der Waals surface area contributed by atoms with Gasteiger partial charge in [0.25, 0.3) is 0 Å². The van der Waals surface area contributed by atoms with Crippen LogP contribution in [0.5, 0.6) is 0 Å². The van der Waals surface area contributed by atoms with Gasteiger partial charge in [0.15, 0.2) is 6.04 Å². The van der Waals surface area contributed by atoms with Crippen molar-refractivity contribution in [3.63, 3.8) is 0 Å². The van der Waals surface area contributed by atoms with Gasteiger partial charge in [-0.25, -0.2) is 4.79 Å². The number of nitrogens with two attached hydrogens (primary N) is 1. The third-order valence-corrected chi connectivity index (χ3v) is 2.46. The summed E-state index contributed by atoms with van der Waals surface area (Å²) in [4.78, 5) is 12.6. The molecule has 0 bridgehead atoms. The van der Waals surface area contributed by atoms with Crippen molar-refractivity contribution in [1.29, 1.82) is 0 Å². The molecule has 0 spiro atoms. The van der Waals surface area contributed by atoms with Crippen molar-refractivity contribution < 1.29 is 9.53 Å². The lowest BCUT2D eigenvalue weighted by Gasteiger charge is -2.05. The van der Waals surface area contributed by atoms with E-state index in [0.29, 0.717) is 11.5 Å². The van der Waals surface area contributed by atoms with Gasteiger partial charge in [0.1, 0.15) is 0 Å². The molecule has 2 rings (SSSR count). The molecule has 1 aromatic carbocycles. The summed E-state index contributed by atoms with van der Waals surface area (Å²) in [5.74, 6) is -0.00965. The van der Waals surface area contributed by atoms with E-state index in [4.69, 9.17) is 5.73 Å². The fraction of sp³-hybridized carbons (Fsp3) is 0.273. The summed E-state index contributed by atoms with van der Waals surface area (Å²) in [7, 11) is 1.31. The molecule has 18 heavy (non-hydrogen) atoms. The normalized spacial score (nSPS) is 12.1. The van der Waals surface area contributed by atoms with Crippen molar-refractivity contribution in [2.75, 3.05) is 12.8 Å². The average molecular weight is 247 g/mol. The van der Waals surface area contributed by atoms with E-state index in [-0.39, 0.29) is 0 Å².